The predicted molar refractivity (Wildman–Crippen MR) is 90.1 cm³/mol. The SMILES string of the molecule is Cc1cccc(/C=C2/SC(=Nc3ccc(O)cc3)NC2=O)c1. The number of aliphatic imine (C=N–C) groups is 1. The summed E-state index contributed by atoms with van der Waals surface area (Å²) < 4.78 is 0. The number of aryl methyl sites for hydroxylation is 1. The van der Waals surface area contributed by atoms with Crippen molar-refractivity contribution in [3.8, 4) is 5.75 Å². The zero-order valence-corrected chi connectivity index (χ0v) is 12.7. The minimum atomic E-state index is -0.149. The molecule has 0 bridgehead atoms. The largest absolute Gasteiger partial charge is 0.508 e. The molecule has 5 heteroatoms. The van der Waals surface area contributed by atoms with Crippen LogP contribution < -0.4 is 5.32 Å². The maximum absolute atomic E-state index is 12.0. The van der Waals surface area contributed by atoms with Gasteiger partial charge in [-0.05, 0) is 54.6 Å². The van der Waals surface area contributed by atoms with Gasteiger partial charge in [0.25, 0.3) is 5.91 Å². The highest BCUT2D eigenvalue weighted by atomic mass is 32.2. The van der Waals surface area contributed by atoms with Gasteiger partial charge in [-0.2, -0.15) is 0 Å². The average Bonchev–Trinajstić information content (AvgIpc) is 2.81. The van der Waals surface area contributed by atoms with Crippen molar-refractivity contribution < 1.29 is 9.90 Å². The Bertz CT molecular complexity index is 780. The Morgan fingerprint density at radius 1 is 1.18 bits per heavy atom. The molecule has 0 radical (unpaired) electrons. The predicted octanol–water partition coefficient (Wildman–Crippen LogP) is 3.59. The summed E-state index contributed by atoms with van der Waals surface area (Å²) in [6.07, 6.45) is 1.85. The molecule has 4 nitrogen and oxygen atoms in total. The van der Waals surface area contributed by atoms with Gasteiger partial charge in [0.15, 0.2) is 5.17 Å². The van der Waals surface area contributed by atoms with E-state index in [1.807, 2.05) is 37.3 Å². The van der Waals surface area contributed by atoms with Crippen LogP contribution in [0.4, 0.5) is 5.69 Å². The molecule has 2 aromatic carbocycles. The van der Waals surface area contributed by atoms with E-state index in [4.69, 9.17) is 0 Å². The fraction of sp³-hybridized carbons (Fsp3) is 0.0588. The first-order valence-electron chi connectivity index (χ1n) is 6.75. The highest BCUT2D eigenvalue weighted by Gasteiger charge is 2.23. The van der Waals surface area contributed by atoms with Crippen molar-refractivity contribution >= 4 is 34.6 Å². The highest BCUT2D eigenvalue weighted by Crippen LogP contribution is 2.28. The van der Waals surface area contributed by atoms with Crippen molar-refractivity contribution in [3.63, 3.8) is 0 Å². The normalized spacial score (nSPS) is 18.0. The Kier molecular flexibility index (Phi) is 3.98. The summed E-state index contributed by atoms with van der Waals surface area (Å²) in [4.78, 5) is 17.0. The van der Waals surface area contributed by atoms with Crippen LogP contribution in [0.2, 0.25) is 0 Å². The number of nitrogens with zero attached hydrogens (tertiary/aromatic N) is 1. The van der Waals surface area contributed by atoms with Crippen LogP contribution in [0.3, 0.4) is 0 Å². The Labute approximate surface area is 132 Å². The van der Waals surface area contributed by atoms with E-state index in [9.17, 15) is 9.90 Å². The molecule has 2 N–H and O–H groups in total. The molecule has 0 aromatic heterocycles. The topological polar surface area (TPSA) is 61.7 Å². The quantitative estimate of drug-likeness (QED) is 0.833. The van der Waals surface area contributed by atoms with E-state index in [1.54, 1.807) is 24.3 Å². The average molecular weight is 310 g/mol. The number of amides is 1. The van der Waals surface area contributed by atoms with Gasteiger partial charge in [-0.25, -0.2) is 4.99 Å². The van der Waals surface area contributed by atoms with Crippen molar-refractivity contribution in [1.82, 2.24) is 5.32 Å². The lowest BCUT2D eigenvalue weighted by Crippen LogP contribution is -2.19. The molecule has 22 heavy (non-hydrogen) atoms. The third kappa shape index (κ3) is 3.38. The van der Waals surface area contributed by atoms with Gasteiger partial charge in [-0.15, -0.1) is 0 Å². The summed E-state index contributed by atoms with van der Waals surface area (Å²) in [6.45, 7) is 2.02. The van der Waals surface area contributed by atoms with E-state index in [0.29, 0.717) is 15.8 Å². The van der Waals surface area contributed by atoms with E-state index in [2.05, 4.69) is 10.3 Å². The molecule has 0 saturated carbocycles. The van der Waals surface area contributed by atoms with Crippen LogP contribution in [-0.2, 0) is 4.79 Å². The summed E-state index contributed by atoms with van der Waals surface area (Å²) in [6, 6.07) is 14.5. The van der Waals surface area contributed by atoms with Crippen LogP contribution in [0, 0.1) is 6.92 Å². The number of hydrogen-bond donors (Lipinski definition) is 2. The van der Waals surface area contributed by atoms with Crippen LogP contribution in [-0.4, -0.2) is 16.2 Å². The number of carbonyl (C=O) groups excluding carboxylic acids is 1. The van der Waals surface area contributed by atoms with Crippen LogP contribution in [0.5, 0.6) is 5.75 Å². The Hall–Kier alpha value is -2.53. The molecule has 1 aliphatic heterocycles. The van der Waals surface area contributed by atoms with E-state index >= 15 is 0 Å². The molecule has 1 fully saturated rings. The van der Waals surface area contributed by atoms with Crippen molar-refractivity contribution in [2.45, 2.75) is 6.92 Å². The molecule has 3 rings (SSSR count). The molecule has 1 heterocycles. The number of amidine groups is 1. The molecule has 0 unspecified atom stereocenters. The molecule has 0 spiro atoms. The molecule has 0 aliphatic carbocycles. The molecule has 1 amide bonds. The van der Waals surface area contributed by atoms with Crippen molar-refractivity contribution in [3.05, 3.63) is 64.6 Å². The van der Waals surface area contributed by atoms with Gasteiger partial charge in [-0.3, -0.25) is 4.79 Å². The zero-order valence-electron chi connectivity index (χ0n) is 11.9. The molecule has 1 aliphatic rings. The molecule has 1 saturated heterocycles. The lowest BCUT2D eigenvalue weighted by molar-refractivity contribution is -0.115. The van der Waals surface area contributed by atoms with Gasteiger partial charge in [-0.1, -0.05) is 29.8 Å². The second-order valence-corrected chi connectivity index (χ2v) is 5.94. The number of carbonyl (C=O) groups is 1. The van der Waals surface area contributed by atoms with Gasteiger partial charge in [0.05, 0.1) is 10.6 Å². The standard InChI is InChI=1S/C17H14N2O2S/c1-11-3-2-4-12(9-11)10-15-16(21)19-17(22-15)18-13-5-7-14(20)8-6-13/h2-10,20H,1H3,(H,18,19,21)/b15-10+. The summed E-state index contributed by atoms with van der Waals surface area (Å²) in [7, 11) is 0. The summed E-state index contributed by atoms with van der Waals surface area (Å²) in [5, 5.41) is 12.5. The molecule has 0 atom stereocenters. The van der Waals surface area contributed by atoms with Crippen molar-refractivity contribution in [1.29, 1.82) is 0 Å². The van der Waals surface area contributed by atoms with E-state index in [1.165, 1.54) is 11.8 Å². The third-order valence-electron chi connectivity index (χ3n) is 3.07. The Morgan fingerprint density at radius 3 is 2.68 bits per heavy atom. The fourth-order valence-corrected chi connectivity index (χ4v) is 2.88. The van der Waals surface area contributed by atoms with Gasteiger partial charge >= 0.3 is 0 Å². The Morgan fingerprint density at radius 2 is 1.95 bits per heavy atom. The second-order valence-electron chi connectivity index (χ2n) is 4.91. The zero-order chi connectivity index (χ0) is 15.5. The number of aromatic hydroxyl groups is 1. The minimum Gasteiger partial charge on any atom is -0.508 e. The number of phenols is 1. The number of rotatable bonds is 2. The smallest absolute Gasteiger partial charge is 0.264 e. The number of thioether (sulfide) groups is 1. The van der Waals surface area contributed by atoms with Crippen LogP contribution in [0.1, 0.15) is 11.1 Å². The van der Waals surface area contributed by atoms with E-state index < -0.39 is 0 Å². The first-order chi connectivity index (χ1) is 10.6. The number of phenolic OH excluding ortho intramolecular Hbond substituents is 1. The van der Waals surface area contributed by atoms with Crippen molar-refractivity contribution in [2.24, 2.45) is 4.99 Å². The first kappa shape index (κ1) is 14.4. The minimum absolute atomic E-state index is 0.149. The first-order valence-corrected chi connectivity index (χ1v) is 7.57. The van der Waals surface area contributed by atoms with Gasteiger partial charge in [0, 0.05) is 0 Å². The third-order valence-corrected chi connectivity index (χ3v) is 3.98. The fourth-order valence-electron chi connectivity index (χ4n) is 2.04. The molecule has 110 valence electrons. The highest BCUT2D eigenvalue weighted by molar-refractivity contribution is 8.18. The maximum Gasteiger partial charge on any atom is 0.264 e. The summed E-state index contributed by atoms with van der Waals surface area (Å²) >= 11 is 1.31. The number of hydrogen-bond acceptors (Lipinski definition) is 4. The summed E-state index contributed by atoms with van der Waals surface area (Å²) in [5.41, 5.74) is 2.82. The number of benzene rings is 2. The van der Waals surface area contributed by atoms with E-state index in [0.717, 1.165) is 11.1 Å². The van der Waals surface area contributed by atoms with Crippen LogP contribution in [0.15, 0.2) is 58.4 Å². The monoisotopic (exact) mass is 310 g/mol. The molecule has 2 aromatic rings. The number of nitrogens with one attached hydrogen (secondary N) is 1. The van der Waals surface area contributed by atoms with Gasteiger partial charge in [0.1, 0.15) is 5.75 Å². The second kappa shape index (κ2) is 6.07. The van der Waals surface area contributed by atoms with E-state index in [-0.39, 0.29) is 11.7 Å². The van der Waals surface area contributed by atoms with Gasteiger partial charge in [0.2, 0.25) is 0 Å². The van der Waals surface area contributed by atoms with Gasteiger partial charge < -0.3 is 10.4 Å². The Balaban J connectivity index is 1.82. The van der Waals surface area contributed by atoms with Crippen LogP contribution in [0.25, 0.3) is 6.08 Å². The lowest BCUT2D eigenvalue weighted by Gasteiger charge is -1.97. The van der Waals surface area contributed by atoms with Crippen molar-refractivity contribution in [2.75, 3.05) is 0 Å². The molecular formula is C17H14N2O2S. The molecular weight excluding hydrogens is 296 g/mol. The van der Waals surface area contributed by atoms with Crippen LogP contribution >= 0.6 is 11.8 Å². The summed E-state index contributed by atoms with van der Waals surface area (Å²) in [5.74, 6) is 0.0381. The lowest BCUT2D eigenvalue weighted by atomic mass is 10.1. The maximum atomic E-state index is 12.0.